The molecular formula is C12H14BrNO3. The maximum Gasteiger partial charge on any atom is 0.308 e. The monoisotopic (exact) mass is 299 g/mol. The normalized spacial score (nSPS) is 11.9. The third-order valence-electron chi connectivity index (χ3n) is 2.50. The lowest BCUT2D eigenvalue weighted by molar-refractivity contribution is -0.140. The SMILES string of the molecule is Cc1c(Br)cccc1C(=O)NC[C@@H](C)C(=O)O. The molecule has 0 spiro atoms. The summed E-state index contributed by atoms with van der Waals surface area (Å²) < 4.78 is 0.858. The van der Waals surface area contributed by atoms with Gasteiger partial charge in [-0.05, 0) is 24.6 Å². The van der Waals surface area contributed by atoms with E-state index in [0.29, 0.717) is 5.56 Å². The molecule has 4 nitrogen and oxygen atoms in total. The van der Waals surface area contributed by atoms with Crippen LogP contribution in [0.1, 0.15) is 22.8 Å². The molecule has 0 saturated heterocycles. The van der Waals surface area contributed by atoms with E-state index < -0.39 is 11.9 Å². The van der Waals surface area contributed by atoms with E-state index in [2.05, 4.69) is 21.2 Å². The molecule has 0 fully saturated rings. The molecule has 1 aromatic carbocycles. The molecule has 5 heteroatoms. The Morgan fingerprint density at radius 3 is 2.71 bits per heavy atom. The average molecular weight is 300 g/mol. The molecule has 1 atom stereocenters. The highest BCUT2D eigenvalue weighted by atomic mass is 79.9. The largest absolute Gasteiger partial charge is 0.481 e. The molecule has 1 rings (SSSR count). The minimum atomic E-state index is -0.920. The van der Waals surface area contributed by atoms with Crippen LogP contribution in [0.3, 0.4) is 0 Å². The van der Waals surface area contributed by atoms with Gasteiger partial charge in [-0.15, -0.1) is 0 Å². The van der Waals surface area contributed by atoms with Gasteiger partial charge in [0.05, 0.1) is 5.92 Å². The van der Waals surface area contributed by atoms with E-state index in [1.165, 1.54) is 0 Å². The smallest absolute Gasteiger partial charge is 0.308 e. The number of rotatable bonds is 4. The lowest BCUT2D eigenvalue weighted by Crippen LogP contribution is -2.31. The molecule has 92 valence electrons. The zero-order chi connectivity index (χ0) is 13.0. The lowest BCUT2D eigenvalue weighted by atomic mass is 10.1. The number of halogens is 1. The maximum atomic E-state index is 11.8. The standard InChI is InChI=1S/C12H14BrNO3/c1-7(12(16)17)6-14-11(15)9-4-3-5-10(13)8(9)2/h3-5,7H,6H2,1-2H3,(H,14,15)(H,16,17)/t7-/m1/s1. The number of carboxylic acids is 1. The first-order valence-corrected chi connectivity index (χ1v) is 5.99. The van der Waals surface area contributed by atoms with Crippen molar-refractivity contribution in [2.75, 3.05) is 6.54 Å². The topological polar surface area (TPSA) is 66.4 Å². The molecular weight excluding hydrogens is 286 g/mol. The molecule has 0 radical (unpaired) electrons. The van der Waals surface area contributed by atoms with Gasteiger partial charge < -0.3 is 10.4 Å². The number of hydrogen-bond donors (Lipinski definition) is 2. The van der Waals surface area contributed by atoms with Crippen LogP contribution in [0.2, 0.25) is 0 Å². The predicted molar refractivity (Wildman–Crippen MR) is 68.0 cm³/mol. The fourth-order valence-electron chi connectivity index (χ4n) is 1.28. The summed E-state index contributed by atoms with van der Waals surface area (Å²) in [5.74, 6) is -1.76. The van der Waals surface area contributed by atoms with Crippen LogP contribution in [-0.2, 0) is 4.79 Å². The third kappa shape index (κ3) is 3.56. The van der Waals surface area contributed by atoms with Crippen LogP contribution in [0.25, 0.3) is 0 Å². The van der Waals surface area contributed by atoms with E-state index >= 15 is 0 Å². The molecule has 2 N–H and O–H groups in total. The molecule has 1 amide bonds. The van der Waals surface area contributed by atoms with E-state index in [1.54, 1.807) is 19.1 Å². The minimum absolute atomic E-state index is 0.125. The summed E-state index contributed by atoms with van der Waals surface area (Å²) in [5, 5.41) is 11.3. The van der Waals surface area contributed by atoms with Gasteiger partial charge in [0.2, 0.25) is 0 Å². The van der Waals surface area contributed by atoms with Crippen molar-refractivity contribution in [3.63, 3.8) is 0 Å². The Kier molecular flexibility index (Phi) is 4.69. The molecule has 1 aromatic rings. The number of nitrogens with one attached hydrogen (secondary N) is 1. The van der Waals surface area contributed by atoms with Gasteiger partial charge in [-0.2, -0.15) is 0 Å². The Morgan fingerprint density at radius 2 is 2.12 bits per heavy atom. The molecule has 0 bridgehead atoms. The average Bonchev–Trinajstić information content (AvgIpc) is 2.29. The van der Waals surface area contributed by atoms with Crippen LogP contribution in [0.15, 0.2) is 22.7 Å². The maximum absolute atomic E-state index is 11.8. The van der Waals surface area contributed by atoms with Gasteiger partial charge in [-0.1, -0.05) is 28.9 Å². The van der Waals surface area contributed by atoms with Crippen LogP contribution < -0.4 is 5.32 Å². The zero-order valence-corrected chi connectivity index (χ0v) is 11.2. The van der Waals surface area contributed by atoms with Crippen LogP contribution in [0.5, 0.6) is 0 Å². The fraction of sp³-hybridized carbons (Fsp3) is 0.333. The van der Waals surface area contributed by atoms with Gasteiger partial charge in [0.15, 0.2) is 0 Å². The number of carbonyl (C=O) groups is 2. The first-order valence-electron chi connectivity index (χ1n) is 5.19. The molecule has 0 aliphatic heterocycles. The van der Waals surface area contributed by atoms with Crippen molar-refractivity contribution in [1.29, 1.82) is 0 Å². The zero-order valence-electron chi connectivity index (χ0n) is 9.66. The second-order valence-corrected chi connectivity index (χ2v) is 4.72. The summed E-state index contributed by atoms with van der Waals surface area (Å²) in [6, 6.07) is 5.33. The highest BCUT2D eigenvalue weighted by Gasteiger charge is 2.14. The van der Waals surface area contributed by atoms with Crippen molar-refractivity contribution in [2.24, 2.45) is 5.92 Å². The van der Waals surface area contributed by atoms with E-state index in [-0.39, 0.29) is 12.5 Å². The number of aliphatic carboxylic acids is 1. The molecule has 0 saturated carbocycles. The Morgan fingerprint density at radius 1 is 1.47 bits per heavy atom. The van der Waals surface area contributed by atoms with Gasteiger partial charge >= 0.3 is 5.97 Å². The van der Waals surface area contributed by atoms with Crippen molar-refractivity contribution >= 4 is 27.8 Å². The van der Waals surface area contributed by atoms with Crippen molar-refractivity contribution in [3.05, 3.63) is 33.8 Å². The molecule has 0 unspecified atom stereocenters. The van der Waals surface area contributed by atoms with E-state index in [4.69, 9.17) is 5.11 Å². The van der Waals surface area contributed by atoms with Gasteiger partial charge in [0.1, 0.15) is 0 Å². The highest BCUT2D eigenvalue weighted by molar-refractivity contribution is 9.10. The highest BCUT2D eigenvalue weighted by Crippen LogP contribution is 2.19. The first kappa shape index (κ1) is 13.7. The molecule has 0 aliphatic carbocycles. The number of amides is 1. The molecule has 0 aromatic heterocycles. The number of carboxylic acid groups (broad SMARTS) is 1. The Hall–Kier alpha value is -1.36. The summed E-state index contributed by atoms with van der Waals surface area (Å²) in [4.78, 5) is 22.4. The lowest BCUT2D eigenvalue weighted by Gasteiger charge is -2.10. The van der Waals surface area contributed by atoms with Crippen LogP contribution in [0, 0.1) is 12.8 Å². The molecule has 17 heavy (non-hydrogen) atoms. The van der Waals surface area contributed by atoms with Gasteiger partial charge in [-0.25, -0.2) is 0 Å². The Balaban J connectivity index is 2.71. The van der Waals surface area contributed by atoms with Gasteiger partial charge in [-0.3, -0.25) is 9.59 Å². The van der Waals surface area contributed by atoms with E-state index in [9.17, 15) is 9.59 Å². The third-order valence-corrected chi connectivity index (χ3v) is 3.36. The molecule has 0 heterocycles. The Labute approximate surface area is 108 Å². The molecule has 0 aliphatic rings. The number of hydrogen-bond acceptors (Lipinski definition) is 2. The first-order chi connectivity index (χ1) is 7.93. The van der Waals surface area contributed by atoms with Crippen molar-refractivity contribution in [3.8, 4) is 0 Å². The van der Waals surface area contributed by atoms with E-state index in [0.717, 1.165) is 10.0 Å². The summed E-state index contributed by atoms with van der Waals surface area (Å²) in [6.07, 6.45) is 0. The summed E-state index contributed by atoms with van der Waals surface area (Å²) in [7, 11) is 0. The summed E-state index contributed by atoms with van der Waals surface area (Å²) in [5.41, 5.74) is 1.39. The fourth-order valence-corrected chi connectivity index (χ4v) is 1.65. The second kappa shape index (κ2) is 5.82. The summed E-state index contributed by atoms with van der Waals surface area (Å²) >= 11 is 3.34. The van der Waals surface area contributed by atoms with Crippen molar-refractivity contribution in [1.82, 2.24) is 5.32 Å². The van der Waals surface area contributed by atoms with Gasteiger partial charge in [0.25, 0.3) is 5.91 Å². The van der Waals surface area contributed by atoms with Crippen LogP contribution >= 0.6 is 15.9 Å². The van der Waals surface area contributed by atoms with Gasteiger partial charge in [0, 0.05) is 16.6 Å². The quantitative estimate of drug-likeness (QED) is 0.896. The predicted octanol–water partition coefficient (Wildman–Crippen LogP) is 2.21. The minimum Gasteiger partial charge on any atom is -0.481 e. The number of benzene rings is 1. The number of carbonyl (C=O) groups excluding carboxylic acids is 1. The van der Waals surface area contributed by atoms with Crippen LogP contribution in [-0.4, -0.2) is 23.5 Å². The van der Waals surface area contributed by atoms with Crippen molar-refractivity contribution in [2.45, 2.75) is 13.8 Å². The Bertz CT molecular complexity index is 445. The van der Waals surface area contributed by atoms with Crippen LogP contribution in [0.4, 0.5) is 0 Å². The van der Waals surface area contributed by atoms with E-state index in [1.807, 2.05) is 13.0 Å². The second-order valence-electron chi connectivity index (χ2n) is 3.86. The van der Waals surface area contributed by atoms with Crippen molar-refractivity contribution < 1.29 is 14.7 Å². The summed E-state index contributed by atoms with van der Waals surface area (Å²) in [6.45, 7) is 3.51.